The van der Waals surface area contributed by atoms with Crippen molar-refractivity contribution in [3.05, 3.63) is 237 Å². The minimum absolute atomic E-state index is 0.613. The number of hydrogen-bond donors (Lipinski definition) is 0. The molecule has 0 saturated heterocycles. The summed E-state index contributed by atoms with van der Waals surface area (Å²) in [6.45, 7) is 0. The summed E-state index contributed by atoms with van der Waals surface area (Å²) >= 11 is 15.3. The van der Waals surface area contributed by atoms with E-state index >= 15 is 0 Å². The minimum atomic E-state index is 0.613. The maximum Gasteiger partial charge on any atom is 0.123 e. The van der Waals surface area contributed by atoms with Crippen molar-refractivity contribution >= 4 is 34.3 Å². The molecule has 0 amide bonds. The van der Waals surface area contributed by atoms with Crippen LogP contribution in [0.15, 0.2) is 193 Å². The molecule has 0 aliphatic rings. The Bertz CT molecular complexity index is 1610. The summed E-state index contributed by atoms with van der Waals surface area (Å²) in [5.41, 5.74) is 9.67. The molecular weight excluding hydrogens is 575 g/mol. The van der Waals surface area contributed by atoms with E-state index in [4.69, 9.17) is 23.2 Å². The molecule has 0 spiro atoms. The summed E-state index contributed by atoms with van der Waals surface area (Å²) in [5, 5.41) is 1.23. The molecule has 6 rings (SSSR count). The van der Waals surface area contributed by atoms with Crippen LogP contribution < -0.4 is 0 Å². The maximum absolute atomic E-state index is 7.66. The van der Waals surface area contributed by atoms with Gasteiger partial charge in [-0.2, -0.15) is 0 Å². The highest BCUT2D eigenvalue weighted by molar-refractivity contribution is 6.36. The number of allylic oxidation sites excluding steroid dienone is 2. The SMILES string of the molecule is Cl[C](C(C([C](Cl)c1ccccc1)=C(c1ccccc1)c1ccccc1)=C(c1ccccc1)c1ccccc1)c1ccccc1. The molecule has 0 N–H and O–H groups in total. The molecule has 0 bridgehead atoms. The summed E-state index contributed by atoms with van der Waals surface area (Å²) in [5.74, 6) is 0. The first kappa shape index (κ1) is 29.5. The van der Waals surface area contributed by atoms with Gasteiger partial charge in [-0.25, -0.2) is 0 Å². The summed E-state index contributed by atoms with van der Waals surface area (Å²) in [4.78, 5) is 0. The first-order chi connectivity index (χ1) is 21.7. The number of halogens is 2. The quantitative estimate of drug-likeness (QED) is 0.144. The van der Waals surface area contributed by atoms with Crippen molar-refractivity contribution in [1.29, 1.82) is 0 Å². The van der Waals surface area contributed by atoms with Gasteiger partial charge in [0.1, 0.15) is 10.8 Å². The lowest BCUT2D eigenvalue weighted by atomic mass is 9.79. The van der Waals surface area contributed by atoms with Gasteiger partial charge in [0.05, 0.1) is 0 Å². The second-order valence-corrected chi connectivity index (χ2v) is 11.1. The first-order valence-corrected chi connectivity index (χ1v) is 15.3. The lowest BCUT2D eigenvalue weighted by Gasteiger charge is -2.28. The fourth-order valence-electron chi connectivity index (χ4n) is 5.48. The monoisotopic (exact) mass is 604 g/mol. The van der Waals surface area contributed by atoms with Crippen LogP contribution in [0.1, 0.15) is 33.4 Å². The third-order valence-corrected chi connectivity index (χ3v) is 8.31. The van der Waals surface area contributed by atoms with Crippen molar-refractivity contribution in [2.45, 2.75) is 0 Å². The third kappa shape index (κ3) is 6.48. The minimum Gasteiger partial charge on any atom is -0.106 e. The summed E-state index contributed by atoms with van der Waals surface area (Å²) in [6.07, 6.45) is 0. The molecule has 0 unspecified atom stereocenters. The zero-order valence-corrected chi connectivity index (χ0v) is 25.6. The van der Waals surface area contributed by atoms with E-state index in [1.165, 1.54) is 0 Å². The maximum atomic E-state index is 7.66. The van der Waals surface area contributed by atoms with Crippen LogP contribution in [0.3, 0.4) is 0 Å². The molecule has 0 aliphatic carbocycles. The molecule has 44 heavy (non-hydrogen) atoms. The van der Waals surface area contributed by atoms with Gasteiger partial charge in [-0.1, -0.05) is 182 Å². The predicted octanol–water partition coefficient (Wildman–Crippen LogP) is 11.6. The van der Waals surface area contributed by atoms with Gasteiger partial charge >= 0.3 is 0 Å². The Morgan fingerprint density at radius 2 is 0.432 bits per heavy atom. The number of hydrogen-bond acceptors (Lipinski definition) is 0. The third-order valence-electron chi connectivity index (χ3n) is 7.49. The van der Waals surface area contributed by atoms with Gasteiger partial charge in [-0.15, -0.1) is 23.2 Å². The van der Waals surface area contributed by atoms with Crippen LogP contribution in [0.2, 0.25) is 0 Å². The van der Waals surface area contributed by atoms with Crippen LogP contribution in [-0.2, 0) is 0 Å². The number of rotatable bonds is 9. The Morgan fingerprint density at radius 1 is 0.250 bits per heavy atom. The van der Waals surface area contributed by atoms with Crippen LogP contribution in [-0.4, -0.2) is 0 Å². The summed E-state index contributed by atoms with van der Waals surface area (Å²) < 4.78 is 0. The van der Waals surface area contributed by atoms with Gasteiger partial charge in [-0.05, 0) is 55.7 Å². The van der Waals surface area contributed by atoms with Crippen LogP contribution in [0.4, 0.5) is 0 Å². The second-order valence-electron chi connectivity index (χ2n) is 10.3. The highest BCUT2D eigenvalue weighted by atomic mass is 35.5. The zero-order valence-electron chi connectivity index (χ0n) is 24.1. The lowest BCUT2D eigenvalue weighted by molar-refractivity contribution is 1.27. The van der Waals surface area contributed by atoms with Gasteiger partial charge in [0, 0.05) is 0 Å². The Hall–Kier alpha value is -4.62. The molecule has 0 aromatic heterocycles. The van der Waals surface area contributed by atoms with E-state index in [0.29, 0.717) is 10.8 Å². The van der Waals surface area contributed by atoms with E-state index in [2.05, 4.69) is 121 Å². The molecule has 6 aromatic carbocycles. The fourth-order valence-corrected chi connectivity index (χ4v) is 6.11. The molecule has 6 aromatic rings. The molecule has 0 nitrogen and oxygen atoms in total. The van der Waals surface area contributed by atoms with Crippen molar-refractivity contribution < 1.29 is 0 Å². The highest BCUT2D eigenvalue weighted by Crippen LogP contribution is 2.49. The lowest BCUT2D eigenvalue weighted by Crippen LogP contribution is -2.12. The topological polar surface area (TPSA) is 0 Å². The molecule has 0 saturated carbocycles. The van der Waals surface area contributed by atoms with Crippen molar-refractivity contribution in [1.82, 2.24) is 0 Å². The fraction of sp³-hybridized carbons (Fsp3) is 0. The van der Waals surface area contributed by atoms with E-state index < -0.39 is 0 Å². The van der Waals surface area contributed by atoms with Crippen molar-refractivity contribution in [3.8, 4) is 0 Å². The zero-order chi connectivity index (χ0) is 30.1. The van der Waals surface area contributed by atoms with Gasteiger partial charge in [0.2, 0.25) is 0 Å². The summed E-state index contributed by atoms with van der Waals surface area (Å²) in [6, 6.07) is 62.0. The smallest absolute Gasteiger partial charge is 0.106 e. The molecule has 212 valence electrons. The molecule has 2 radical (unpaired) electrons. The number of benzene rings is 6. The van der Waals surface area contributed by atoms with E-state index in [9.17, 15) is 0 Å². The first-order valence-electron chi connectivity index (χ1n) is 14.6. The Kier molecular flexibility index (Phi) is 9.53. The Morgan fingerprint density at radius 3 is 0.636 bits per heavy atom. The summed E-state index contributed by atoms with van der Waals surface area (Å²) in [7, 11) is 0. The van der Waals surface area contributed by atoms with Crippen molar-refractivity contribution in [2.75, 3.05) is 0 Å². The largest absolute Gasteiger partial charge is 0.123 e. The molecular formula is C42H30Cl2. The normalized spacial score (nSPS) is 10.9. The van der Waals surface area contributed by atoms with Gasteiger partial charge in [0.15, 0.2) is 0 Å². The predicted molar refractivity (Wildman–Crippen MR) is 187 cm³/mol. The van der Waals surface area contributed by atoms with Crippen molar-refractivity contribution in [2.24, 2.45) is 0 Å². The van der Waals surface area contributed by atoms with Crippen LogP contribution in [0, 0.1) is 10.8 Å². The van der Waals surface area contributed by atoms with Gasteiger partial charge < -0.3 is 0 Å². The molecule has 2 heteroatoms. The second kappa shape index (κ2) is 14.2. The highest BCUT2D eigenvalue weighted by Gasteiger charge is 2.33. The van der Waals surface area contributed by atoms with E-state index in [1.807, 2.05) is 60.7 Å². The molecule has 0 fully saturated rings. The standard InChI is InChI=1S/C42H30Cl2/c43-41(35-27-15-5-16-28-35)39(37(31-19-7-1-8-20-31)32-21-9-2-10-22-32)40(42(44)36-29-17-6-18-30-36)38(33-23-11-3-12-24-33)34-25-13-4-14-26-34/h1-30H. The molecule has 0 aliphatic heterocycles. The molecule has 0 atom stereocenters. The Labute approximate surface area is 270 Å². The average Bonchev–Trinajstić information content (AvgIpc) is 3.11. The van der Waals surface area contributed by atoms with Crippen LogP contribution in [0.5, 0.6) is 0 Å². The van der Waals surface area contributed by atoms with Crippen LogP contribution >= 0.6 is 23.2 Å². The van der Waals surface area contributed by atoms with Crippen LogP contribution in [0.25, 0.3) is 11.1 Å². The van der Waals surface area contributed by atoms with Gasteiger partial charge in [0.25, 0.3) is 0 Å². The molecule has 0 heterocycles. The van der Waals surface area contributed by atoms with E-state index in [-0.39, 0.29) is 0 Å². The van der Waals surface area contributed by atoms with Gasteiger partial charge in [-0.3, -0.25) is 0 Å². The Balaban J connectivity index is 1.83. The van der Waals surface area contributed by atoms with Crippen molar-refractivity contribution in [3.63, 3.8) is 0 Å². The van der Waals surface area contributed by atoms with E-state index in [0.717, 1.165) is 55.7 Å². The van der Waals surface area contributed by atoms with E-state index in [1.54, 1.807) is 0 Å². The average molecular weight is 606 g/mol.